The maximum absolute atomic E-state index is 9.31. The van der Waals surface area contributed by atoms with E-state index in [2.05, 4.69) is 42.5 Å². The Morgan fingerprint density at radius 3 is 2.42 bits per heavy atom. The second-order valence-electron chi connectivity index (χ2n) is 5.05. The summed E-state index contributed by atoms with van der Waals surface area (Å²) in [5, 5.41) is 18.4. The van der Waals surface area contributed by atoms with Gasteiger partial charge in [0.15, 0.2) is 0 Å². The van der Waals surface area contributed by atoms with Crippen molar-refractivity contribution in [3.05, 3.63) is 59.2 Å². The molecule has 1 unspecified atom stereocenters. The van der Waals surface area contributed by atoms with E-state index < -0.39 is 0 Å². The van der Waals surface area contributed by atoms with Gasteiger partial charge in [-0.05, 0) is 40.7 Å². The molecule has 0 heterocycles. The van der Waals surface area contributed by atoms with E-state index in [9.17, 15) is 5.11 Å². The molecule has 0 fully saturated rings. The van der Waals surface area contributed by atoms with Gasteiger partial charge in [0.2, 0.25) is 0 Å². The Hall–Kier alpha value is -1.64. The molecule has 1 aliphatic rings. The summed E-state index contributed by atoms with van der Waals surface area (Å²) in [5.41, 5.74) is 6.33. The maximum atomic E-state index is 9.31. The topological polar surface area (TPSA) is 40.5 Å². The molecule has 0 aliphatic heterocycles. The molecule has 1 atom stereocenters. The lowest BCUT2D eigenvalue weighted by molar-refractivity contribution is 0.282. The molecule has 0 radical (unpaired) electrons. The van der Waals surface area contributed by atoms with Gasteiger partial charge in [-0.15, -0.1) is 0 Å². The predicted molar refractivity (Wildman–Crippen MR) is 76.2 cm³/mol. The van der Waals surface area contributed by atoms with Gasteiger partial charge in [-0.1, -0.05) is 42.5 Å². The van der Waals surface area contributed by atoms with Gasteiger partial charge in [0.25, 0.3) is 0 Å². The first-order chi connectivity index (χ1) is 9.35. The Kier molecular flexibility index (Phi) is 3.36. The lowest BCUT2D eigenvalue weighted by Gasteiger charge is -2.12. The number of fused-ring (bicyclic) bond motifs is 3. The molecule has 0 saturated carbocycles. The molecule has 0 aromatic heterocycles. The summed E-state index contributed by atoms with van der Waals surface area (Å²) >= 11 is 0. The Morgan fingerprint density at radius 2 is 1.63 bits per heavy atom. The summed E-state index contributed by atoms with van der Waals surface area (Å²) in [5.74, 6) is 0.287. The normalized spacial score (nSPS) is 16.2. The fraction of sp³-hybridized carbons (Fsp3) is 0.294. The molecule has 0 spiro atoms. The number of benzene rings is 2. The van der Waals surface area contributed by atoms with E-state index in [0.29, 0.717) is 6.42 Å². The Balaban J connectivity index is 2.11. The van der Waals surface area contributed by atoms with Gasteiger partial charge in [0.05, 0.1) is 0 Å². The van der Waals surface area contributed by atoms with Crippen LogP contribution in [0.25, 0.3) is 11.1 Å². The van der Waals surface area contributed by atoms with Crippen molar-refractivity contribution in [1.82, 2.24) is 0 Å². The summed E-state index contributed by atoms with van der Waals surface area (Å²) in [4.78, 5) is 0. The van der Waals surface area contributed by atoms with Gasteiger partial charge in [-0.3, -0.25) is 0 Å². The van der Waals surface area contributed by atoms with Gasteiger partial charge < -0.3 is 10.2 Å². The molecule has 19 heavy (non-hydrogen) atoms. The van der Waals surface area contributed by atoms with Crippen molar-refractivity contribution >= 4 is 0 Å². The fourth-order valence-corrected chi connectivity index (χ4v) is 3.08. The van der Waals surface area contributed by atoms with Crippen LogP contribution in [-0.2, 0) is 6.42 Å². The van der Waals surface area contributed by atoms with Crippen LogP contribution >= 0.6 is 0 Å². The van der Waals surface area contributed by atoms with Crippen molar-refractivity contribution in [2.24, 2.45) is 0 Å². The average Bonchev–Trinajstić information content (AvgIpc) is 2.74. The molecule has 2 nitrogen and oxygen atoms in total. The predicted octanol–water partition coefficient (Wildman–Crippen LogP) is 2.72. The SMILES string of the molecule is OCCc1ccc2c(c1)C(CCO)c1ccccc1-2. The summed E-state index contributed by atoms with van der Waals surface area (Å²) in [6.07, 6.45) is 1.45. The molecule has 2 aromatic rings. The Morgan fingerprint density at radius 1 is 0.842 bits per heavy atom. The highest BCUT2D eigenvalue weighted by Gasteiger charge is 2.27. The maximum Gasteiger partial charge on any atom is 0.0471 e. The van der Waals surface area contributed by atoms with Gasteiger partial charge >= 0.3 is 0 Å². The Bertz CT molecular complexity index is 590. The van der Waals surface area contributed by atoms with Crippen LogP contribution in [-0.4, -0.2) is 23.4 Å². The fourth-order valence-electron chi connectivity index (χ4n) is 3.08. The van der Waals surface area contributed by atoms with Crippen LogP contribution in [0.3, 0.4) is 0 Å². The zero-order valence-electron chi connectivity index (χ0n) is 10.8. The minimum atomic E-state index is 0.177. The molecule has 0 amide bonds. The highest BCUT2D eigenvalue weighted by molar-refractivity contribution is 5.79. The van der Waals surface area contributed by atoms with Crippen LogP contribution in [0.1, 0.15) is 29.0 Å². The molecule has 2 aromatic carbocycles. The van der Waals surface area contributed by atoms with Crippen LogP contribution in [0.4, 0.5) is 0 Å². The van der Waals surface area contributed by atoms with Crippen molar-refractivity contribution < 1.29 is 10.2 Å². The van der Waals surface area contributed by atoms with E-state index in [0.717, 1.165) is 12.0 Å². The first kappa shape index (κ1) is 12.4. The van der Waals surface area contributed by atoms with Crippen molar-refractivity contribution in [3.63, 3.8) is 0 Å². The second-order valence-corrected chi connectivity index (χ2v) is 5.05. The number of hydrogen-bond acceptors (Lipinski definition) is 2. The van der Waals surface area contributed by atoms with Crippen LogP contribution in [0, 0.1) is 0 Å². The molecule has 0 saturated heterocycles. The van der Waals surface area contributed by atoms with Crippen molar-refractivity contribution in [3.8, 4) is 11.1 Å². The lowest BCUT2D eigenvalue weighted by Crippen LogP contribution is -2.00. The average molecular weight is 254 g/mol. The monoisotopic (exact) mass is 254 g/mol. The van der Waals surface area contributed by atoms with Crippen LogP contribution in [0.5, 0.6) is 0 Å². The summed E-state index contributed by atoms with van der Waals surface area (Å²) in [6.45, 7) is 0.374. The third-order valence-corrected chi connectivity index (χ3v) is 3.94. The first-order valence-electron chi connectivity index (χ1n) is 6.79. The van der Waals surface area contributed by atoms with Crippen LogP contribution < -0.4 is 0 Å². The third kappa shape index (κ3) is 2.07. The highest BCUT2D eigenvalue weighted by atomic mass is 16.3. The van der Waals surface area contributed by atoms with Gasteiger partial charge in [-0.25, -0.2) is 0 Å². The van der Waals surface area contributed by atoms with Gasteiger partial charge in [0, 0.05) is 19.1 Å². The first-order valence-corrected chi connectivity index (χ1v) is 6.79. The molecule has 3 rings (SSSR count). The molecule has 98 valence electrons. The van der Waals surface area contributed by atoms with Gasteiger partial charge in [0.1, 0.15) is 0 Å². The molecule has 1 aliphatic carbocycles. The second kappa shape index (κ2) is 5.16. The molecule has 2 N–H and O–H groups in total. The smallest absolute Gasteiger partial charge is 0.0471 e. The third-order valence-electron chi connectivity index (χ3n) is 3.94. The Labute approximate surface area is 113 Å². The van der Waals surface area contributed by atoms with Crippen molar-refractivity contribution in [2.45, 2.75) is 18.8 Å². The summed E-state index contributed by atoms with van der Waals surface area (Å²) in [7, 11) is 0. The van der Waals surface area contributed by atoms with Crippen molar-refractivity contribution in [1.29, 1.82) is 0 Å². The van der Waals surface area contributed by atoms with E-state index in [-0.39, 0.29) is 19.1 Å². The van der Waals surface area contributed by atoms with E-state index in [1.807, 2.05) is 0 Å². The van der Waals surface area contributed by atoms with E-state index >= 15 is 0 Å². The van der Waals surface area contributed by atoms with Gasteiger partial charge in [-0.2, -0.15) is 0 Å². The quantitative estimate of drug-likeness (QED) is 0.880. The zero-order valence-corrected chi connectivity index (χ0v) is 10.8. The molecule has 2 heteroatoms. The number of hydrogen-bond donors (Lipinski definition) is 2. The molecular formula is C17H18O2. The highest BCUT2D eigenvalue weighted by Crippen LogP contribution is 2.46. The minimum Gasteiger partial charge on any atom is -0.396 e. The molecular weight excluding hydrogens is 236 g/mol. The largest absolute Gasteiger partial charge is 0.396 e. The number of rotatable bonds is 4. The number of aliphatic hydroxyl groups is 2. The zero-order chi connectivity index (χ0) is 13.2. The van der Waals surface area contributed by atoms with Crippen molar-refractivity contribution in [2.75, 3.05) is 13.2 Å². The lowest BCUT2D eigenvalue weighted by atomic mass is 9.92. The summed E-state index contributed by atoms with van der Waals surface area (Å²) in [6, 6.07) is 14.9. The van der Waals surface area contributed by atoms with E-state index in [1.54, 1.807) is 0 Å². The van der Waals surface area contributed by atoms with Crippen LogP contribution in [0.15, 0.2) is 42.5 Å². The minimum absolute atomic E-state index is 0.177. The van der Waals surface area contributed by atoms with E-state index in [1.165, 1.54) is 22.3 Å². The van der Waals surface area contributed by atoms with E-state index in [4.69, 9.17) is 5.11 Å². The van der Waals surface area contributed by atoms with Crippen LogP contribution in [0.2, 0.25) is 0 Å². The number of aliphatic hydroxyl groups excluding tert-OH is 2. The molecule has 0 bridgehead atoms. The summed E-state index contributed by atoms with van der Waals surface area (Å²) < 4.78 is 0. The standard InChI is InChI=1S/C17H18O2/c18-9-7-12-5-6-15-13-3-1-2-4-14(13)16(8-10-19)17(15)11-12/h1-6,11,16,18-19H,7-10H2.